The summed E-state index contributed by atoms with van der Waals surface area (Å²) in [6.45, 7) is 7.30. The first-order valence-corrected chi connectivity index (χ1v) is 7.29. The van der Waals surface area contributed by atoms with Crippen LogP contribution in [-0.4, -0.2) is 9.78 Å². The van der Waals surface area contributed by atoms with Gasteiger partial charge < -0.3 is 0 Å². The second-order valence-electron chi connectivity index (χ2n) is 5.24. The van der Waals surface area contributed by atoms with Crippen molar-refractivity contribution in [2.75, 3.05) is 0 Å². The monoisotopic (exact) mass is 276 g/mol. The van der Waals surface area contributed by atoms with Crippen LogP contribution >= 0.6 is 11.6 Å². The standard InChI is InChI=1S/C16H21ClN2/c1-4-16(17)15-9-18-19(11-15)10-13-5-7-14(8-6-13)12(2)3/h5-9,11-12,16H,4,10H2,1-3H3. The number of alkyl halides is 1. The zero-order valence-electron chi connectivity index (χ0n) is 11.8. The number of halogens is 1. The van der Waals surface area contributed by atoms with Crippen molar-refractivity contribution in [2.45, 2.75) is 45.0 Å². The summed E-state index contributed by atoms with van der Waals surface area (Å²) in [5.41, 5.74) is 3.74. The molecule has 1 aromatic heterocycles. The maximum absolute atomic E-state index is 6.21. The molecule has 0 bridgehead atoms. The number of rotatable bonds is 5. The average Bonchev–Trinajstić information content (AvgIpc) is 2.87. The number of hydrogen-bond acceptors (Lipinski definition) is 1. The van der Waals surface area contributed by atoms with Gasteiger partial charge in [0.05, 0.1) is 18.1 Å². The van der Waals surface area contributed by atoms with Crippen molar-refractivity contribution in [2.24, 2.45) is 0 Å². The summed E-state index contributed by atoms with van der Waals surface area (Å²) in [5, 5.41) is 4.44. The second kappa shape index (κ2) is 6.25. The molecule has 0 fully saturated rings. The van der Waals surface area contributed by atoms with Crippen LogP contribution in [0.3, 0.4) is 0 Å². The van der Waals surface area contributed by atoms with E-state index in [1.807, 2.05) is 17.1 Å². The van der Waals surface area contributed by atoms with E-state index in [1.54, 1.807) is 0 Å². The number of benzene rings is 1. The summed E-state index contributed by atoms with van der Waals surface area (Å²) >= 11 is 6.21. The van der Waals surface area contributed by atoms with E-state index in [-0.39, 0.29) is 5.38 Å². The van der Waals surface area contributed by atoms with E-state index in [9.17, 15) is 0 Å². The molecule has 0 spiro atoms. The number of aromatic nitrogens is 2. The molecule has 0 saturated carbocycles. The fourth-order valence-electron chi connectivity index (χ4n) is 2.06. The fourth-order valence-corrected chi connectivity index (χ4v) is 2.17. The van der Waals surface area contributed by atoms with E-state index < -0.39 is 0 Å². The minimum absolute atomic E-state index is 0.0667. The Morgan fingerprint density at radius 3 is 2.42 bits per heavy atom. The summed E-state index contributed by atoms with van der Waals surface area (Å²) in [6, 6.07) is 8.74. The maximum atomic E-state index is 6.21. The van der Waals surface area contributed by atoms with Gasteiger partial charge in [0, 0.05) is 11.8 Å². The highest BCUT2D eigenvalue weighted by atomic mass is 35.5. The van der Waals surface area contributed by atoms with Gasteiger partial charge in [-0.2, -0.15) is 5.10 Å². The van der Waals surface area contributed by atoms with Gasteiger partial charge in [0.1, 0.15) is 0 Å². The first kappa shape index (κ1) is 14.1. The van der Waals surface area contributed by atoms with Crippen LogP contribution in [0.15, 0.2) is 36.7 Å². The molecule has 1 atom stereocenters. The lowest BCUT2D eigenvalue weighted by molar-refractivity contribution is 0.685. The van der Waals surface area contributed by atoms with Crippen LogP contribution in [0.4, 0.5) is 0 Å². The van der Waals surface area contributed by atoms with Crippen molar-refractivity contribution in [3.63, 3.8) is 0 Å². The third-order valence-corrected chi connectivity index (χ3v) is 3.92. The third-order valence-electron chi connectivity index (χ3n) is 3.36. The summed E-state index contributed by atoms with van der Waals surface area (Å²) in [7, 11) is 0. The highest BCUT2D eigenvalue weighted by Crippen LogP contribution is 2.23. The van der Waals surface area contributed by atoms with Crippen LogP contribution in [0.1, 0.15) is 55.2 Å². The topological polar surface area (TPSA) is 17.8 Å². The minimum atomic E-state index is 0.0667. The Labute approximate surface area is 120 Å². The van der Waals surface area contributed by atoms with E-state index in [4.69, 9.17) is 11.6 Å². The van der Waals surface area contributed by atoms with Crippen molar-refractivity contribution in [3.05, 3.63) is 53.3 Å². The molecule has 2 rings (SSSR count). The molecule has 0 amide bonds. The fraction of sp³-hybridized carbons (Fsp3) is 0.438. The van der Waals surface area contributed by atoms with E-state index >= 15 is 0 Å². The van der Waals surface area contributed by atoms with Gasteiger partial charge in [0.25, 0.3) is 0 Å². The van der Waals surface area contributed by atoms with Gasteiger partial charge in [-0.3, -0.25) is 4.68 Å². The van der Waals surface area contributed by atoms with Gasteiger partial charge in [-0.1, -0.05) is 45.0 Å². The molecule has 0 aliphatic heterocycles. The molecule has 3 heteroatoms. The Hall–Kier alpha value is -1.28. The lowest BCUT2D eigenvalue weighted by Gasteiger charge is -2.07. The molecule has 102 valence electrons. The third kappa shape index (κ3) is 3.60. The summed E-state index contributed by atoms with van der Waals surface area (Å²) in [5.74, 6) is 0.576. The smallest absolute Gasteiger partial charge is 0.0659 e. The maximum Gasteiger partial charge on any atom is 0.0659 e. The Balaban J connectivity index is 2.06. The molecule has 0 aliphatic rings. The molecule has 1 heterocycles. The van der Waals surface area contributed by atoms with Gasteiger partial charge in [-0.15, -0.1) is 11.6 Å². The van der Waals surface area contributed by atoms with E-state index in [0.717, 1.165) is 18.5 Å². The second-order valence-corrected chi connectivity index (χ2v) is 5.77. The predicted molar refractivity (Wildman–Crippen MR) is 80.7 cm³/mol. The molecule has 19 heavy (non-hydrogen) atoms. The largest absolute Gasteiger partial charge is 0.268 e. The zero-order chi connectivity index (χ0) is 13.8. The van der Waals surface area contributed by atoms with Crippen LogP contribution in [0, 0.1) is 0 Å². The Kier molecular flexibility index (Phi) is 4.65. The SMILES string of the molecule is CCC(Cl)c1cnn(Cc2ccc(C(C)C)cc2)c1. The van der Waals surface area contributed by atoms with E-state index in [0.29, 0.717) is 5.92 Å². The molecule has 2 aromatic rings. The van der Waals surface area contributed by atoms with Crippen LogP contribution in [0.5, 0.6) is 0 Å². The number of hydrogen-bond donors (Lipinski definition) is 0. The molecule has 0 saturated heterocycles. The van der Waals surface area contributed by atoms with E-state index in [2.05, 4.69) is 50.1 Å². The van der Waals surface area contributed by atoms with Crippen LogP contribution in [-0.2, 0) is 6.54 Å². The van der Waals surface area contributed by atoms with Crippen LogP contribution < -0.4 is 0 Å². The normalized spacial score (nSPS) is 12.9. The van der Waals surface area contributed by atoms with Crippen LogP contribution in [0.25, 0.3) is 0 Å². The van der Waals surface area contributed by atoms with Crippen LogP contribution in [0.2, 0.25) is 0 Å². The lowest BCUT2D eigenvalue weighted by atomic mass is 10.0. The quantitative estimate of drug-likeness (QED) is 0.721. The minimum Gasteiger partial charge on any atom is -0.268 e. The molecule has 2 nitrogen and oxygen atoms in total. The van der Waals surface area contributed by atoms with Crippen molar-refractivity contribution in [3.8, 4) is 0 Å². The van der Waals surface area contributed by atoms with Gasteiger partial charge in [-0.05, 0) is 23.5 Å². The predicted octanol–water partition coefficient (Wildman–Crippen LogP) is 4.74. The van der Waals surface area contributed by atoms with Gasteiger partial charge in [-0.25, -0.2) is 0 Å². The van der Waals surface area contributed by atoms with Crippen molar-refractivity contribution < 1.29 is 0 Å². The lowest BCUT2D eigenvalue weighted by Crippen LogP contribution is -2.00. The molecule has 0 aliphatic carbocycles. The van der Waals surface area contributed by atoms with Gasteiger partial charge in [0.15, 0.2) is 0 Å². The summed E-state index contributed by atoms with van der Waals surface area (Å²) < 4.78 is 1.95. The highest BCUT2D eigenvalue weighted by Gasteiger charge is 2.08. The Morgan fingerprint density at radius 1 is 1.16 bits per heavy atom. The Bertz CT molecular complexity index is 514. The van der Waals surface area contributed by atoms with Gasteiger partial charge in [0.2, 0.25) is 0 Å². The summed E-state index contributed by atoms with van der Waals surface area (Å²) in [4.78, 5) is 0. The van der Waals surface area contributed by atoms with Crippen molar-refractivity contribution in [1.29, 1.82) is 0 Å². The van der Waals surface area contributed by atoms with Crippen molar-refractivity contribution >= 4 is 11.6 Å². The molecule has 0 N–H and O–H groups in total. The molecule has 1 unspecified atom stereocenters. The molecule has 1 aromatic carbocycles. The summed E-state index contributed by atoms with van der Waals surface area (Å²) in [6.07, 6.45) is 4.83. The average molecular weight is 277 g/mol. The first-order chi connectivity index (χ1) is 9.10. The molecular weight excluding hydrogens is 256 g/mol. The highest BCUT2D eigenvalue weighted by molar-refractivity contribution is 6.20. The Morgan fingerprint density at radius 2 is 1.84 bits per heavy atom. The van der Waals surface area contributed by atoms with Gasteiger partial charge >= 0.3 is 0 Å². The molecule has 0 radical (unpaired) electrons. The van der Waals surface area contributed by atoms with E-state index in [1.165, 1.54) is 11.1 Å². The van der Waals surface area contributed by atoms with Crippen molar-refractivity contribution in [1.82, 2.24) is 9.78 Å². The first-order valence-electron chi connectivity index (χ1n) is 6.85. The zero-order valence-corrected chi connectivity index (χ0v) is 12.6. The number of nitrogens with zero attached hydrogens (tertiary/aromatic N) is 2. The molecular formula is C16H21ClN2.